The molecule has 0 aromatic carbocycles. The van der Waals surface area contributed by atoms with E-state index in [9.17, 15) is 19.2 Å². The molecule has 0 aromatic rings. The van der Waals surface area contributed by atoms with Crippen LogP contribution in [0.3, 0.4) is 0 Å². The Labute approximate surface area is 121 Å². The van der Waals surface area contributed by atoms with Gasteiger partial charge in [-0.1, -0.05) is 0 Å². The van der Waals surface area contributed by atoms with Crippen LogP contribution in [0.5, 0.6) is 0 Å². The molecule has 0 aliphatic heterocycles. The van der Waals surface area contributed by atoms with Crippen LogP contribution in [0.1, 0.15) is 26.2 Å². The lowest BCUT2D eigenvalue weighted by molar-refractivity contribution is -0.147. The minimum Gasteiger partial charge on any atom is -0.480 e. The van der Waals surface area contributed by atoms with Gasteiger partial charge in [-0.3, -0.25) is 9.59 Å². The summed E-state index contributed by atoms with van der Waals surface area (Å²) < 4.78 is 4.34. The SMILES string of the molecule is COC(=O)C[C@H](NC(=O)NC(C)C(=O)NC1CC1)C(=O)O. The molecule has 0 aromatic heterocycles. The molecular formula is C12H19N3O6. The molecule has 0 saturated heterocycles. The van der Waals surface area contributed by atoms with Crippen molar-refractivity contribution in [1.82, 2.24) is 16.0 Å². The van der Waals surface area contributed by atoms with Crippen molar-refractivity contribution >= 4 is 23.9 Å². The van der Waals surface area contributed by atoms with Gasteiger partial charge in [-0.15, -0.1) is 0 Å². The lowest BCUT2D eigenvalue weighted by atomic mass is 10.2. The van der Waals surface area contributed by atoms with Crippen LogP contribution in [-0.4, -0.2) is 54.2 Å². The van der Waals surface area contributed by atoms with E-state index in [0.717, 1.165) is 20.0 Å². The predicted molar refractivity (Wildman–Crippen MR) is 70.4 cm³/mol. The number of carbonyl (C=O) groups is 4. The van der Waals surface area contributed by atoms with Crippen molar-refractivity contribution in [3.63, 3.8) is 0 Å². The molecule has 0 heterocycles. The summed E-state index contributed by atoms with van der Waals surface area (Å²) in [7, 11) is 1.12. The molecule has 0 spiro atoms. The number of carboxylic acids is 1. The molecule has 1 aliphatic rings. The molecule has 2 atom stereocenters. The van der Waals surface area contributed by atoms with E-state index in [-0.39, 0.29) is 11.9 Å². The molecule has 9 nitrogen and oxygen atoms in total. The van der Waals surface area contributed by atoms with E-state index in [1.165, 1.54) is 6.92 Å². The summed E-state index contributed by atoms with van der Waals surface area (Å²) in [5.41, 5.74) is 0. The van der Waals surface area contributed by atoms with Gasteiger partial charge in [0.1, 0.15) is 12.1 Å². The zero-order valence-electron chi connectivity index (χ0n) is 11.8. The van der Waals surface area contributed by atoms with E-state index in [1.54, 1.807) is 0 Å². The Bertz CT molecular complexity index is 435. The molecule has 1 unspecified atom stereocenters. The van der Waals surface area contributed by atoms with Crippen LogP contribution in [0.4, 0.5) is 4.79 Å². The second-order valence-corrected chi connectivity index (χ2v) is 4.79. The molecule has 118 valence electrons. The molecule has 1 aliphatic carbocycles. The van der Waals surface area contributed by atoms with Crippen molar-refractivity contribution in [2.24, 2.45) is 0 Å². The van der Waals surface area contributed by atoms with Crippen molar-refractivity contribution in [2.45, 2.75) is 44.3 Å². The molecule has 1 fully saturated rings. The Morgan fingerprint density at radius 1 is 1.24 bits per heavy atom. The number of aliphatic carboxylic acids is 1. The van der Waals surface area contributed by atoms with Gasteiger partial charge >= 0.3 is 18.0 Å². The second kappa shape index (κ2) is 7.46. The quantitative estimate of drug-likeness (QED) is 0.444. The molecule has 9 heteroatoms. The molecule has 0 radical (unpaired) electrons. The summed E-state index contributed by atoms with van der Waals surface area (Å²) in [6, 6.07) is -2.91. The average Bonchev–Trinajstić information content (AvgIpc) is 3.21. The molecule has 1 rings (SSSR count). The van der Waals surface area contributed by atoms with Crippen LogP contribution >= 0.6 is 0 Å². The van der Waals surface area contributed by atoms with Crippen LogP contribution in [0.2, 0.25) is 0 Å². The van der Waals surface area contributed by atoms with E-state index in [0.29, 0.717) is 0 Å². The fraction of sp³-hybridized carbons (Fsp3) is 0.667. The predicted octanol–water partition coefficient (Wildman–Crippen LogP) is -1.03. The molecule has 1 saturated carbocycles. The van der Waals surface area contributed by atoms with Crippen molar-refractivity contribution in [3.05, 3.63) is 0 Å². The maximum atomic E-state index is 11.6. The van der Waals surface area contributed by atoms with Gasteiger partial charge in [0.2, 0.25) is 5.91 Å². The first-order valence-electron chi connectivity index (χ1n) is 6.50. The zero-order valence-corrected chi connectivity index (χ0v) is 11.8. The summed E-state index contributed by atoms with van der Waals surface area (Å²) in [4.78, 5) is 45.2. The highest BCUT2D eigenvalue weighted by molar-refractivity contribution is 5.90. The van der Waals surface area contributed by atoms with E-state index < -0.39 is 36.5 Å². The summed E-state index contributed by atoms with van der Waals surface area (Å²) in [5, 5.41) is 16.0. The van der Waals surface area contributed by atoms with E-state index >= 15 is 0 Å². The van der Waals surface area contributed by atoms with Crippen molar-refractivity contribution in [1.29, 1.82) is 0 Å². The topological polar surface area (TPSA) is 134 Å². The molecule has 0 bridgehead atoms. The third-order valence-electron chi connectivity index (χ3n) is 2.87. The number of rotatable bonds is 7. The Kier molecular flexibility index (Phi) is 5.94. The molecule has 21 heavy (non-hydrogen) atoms. The van der Waals surface area contributed by atoms with Crippen LogP contribution < -0.4 is 16.0 Å². The highest BCUT2D eigenvalue weighted by Crippen LogP contribution is 2.18. The van der Waals surface area contributed by atoms with Gasteiger partial charge in [0, 0.05) is 6.04 Å². The normalized spacial score (nSPS) is 16.3. The first kappa shape index (κ1) is 16.7. The van der Waals surface area contributed by atoms with E-state index in [2.05, 4.69) is 20.7 Å². The number of urea groups is 1. The van der Waals surface area contributed by atoms with Crippen molar-refractivity contribution in [2.75, 3.05) is 7.11 Å². The van der Waals surface area contributed by atoms with Crippen LogP contribution in [0.25, 0.3) is 0 Å². The Balaban J connectivity index is 2.42. The van der Waals surface area contributed by atoms with Gasteiger partial charge in [-0.05, 0) is 19.8 Å². The van der Waals surface area contributed by atoms with Gasteiger partial charge in [0.15, 0.2) is 0 Å². The fourth-order valence-corrected chi connectivity index (χ4v) is 1.47. The minimum absolute atomic E-state index is 0.163. The second-order valence-electron chi connectivity index (χ2n) is 4.79. The average molecular weight is 301 g/mol. The van der Waals surface area contributed by atoms with Gasteiger partial charge in [-0.2, -0.15) is 0 Å². The highest BCUT2D eigenvalue weighted by atomic mass is 16.5. The van der Waals surface area contributed by atoms with Gasteiger partial charge in [-0.25, -0.2) is 9.59 Å². The summed E-state index contributed by atoms with van der Waals surface area (Å²) >= 11 is 0. The van der Waals surface area contributed by atoms with Crippen LogP contribution in [0.15, 0.2) is 0 Å². The number of ether oxygens (including phenoxy) is 1. The number of hydrogen-bond acceptors (Lipinski definition) is 5. The van der Waals surface area contributed by atoms with Crippen molar-refractivity contribution in [3.8, 4) is 0 Å². The van der Waals surface area contributed by atoms with Gasteiger partial charge < -0.3 is 25.8 Å². The maximum Gasteiger partial charge on any atom is 0.326 e. The summed E-state index contributed by atoms with van der Waals surface area (Å²) in [6.07, 6.45) is 1.34. The van der Waals surface area contributed by atoms with Crippen LogP contribution in [-0.2, 0) is 19.1 Å². The number of carboxylic acid groups (broad SMARTS) is 1. The summed E-state index contributed by atoms with van der Waals surface area (Å²) in [6.45, 7) is 1.48. The molecular weight excluding hydrogens is 282 g/mol. The standard InChI is InChI=1S/C12H19N3O6/c1-6(10(17)14-7-3-4-7)13-12(20)15-8(11(18)19)5-9(16)21-2/h6-8H,3-5H2,1-2H3,(H,14,17)(H,18,19)(H2,13,15,20)/t6?,8-/m0/s1. The third-order valence-corrected chi connectivity index (χ3v) is 2.87. The summed E-state index contributed by atoms with van der Waals surface area (Å²) in [5.74, 6) is -2.47. The largest absolute Gasteiger partial charge is 0.480 e. The van der Waals surface area contributed by atoms with Crippen LogP contribution in [0, 0.1) is 0 Å². The van der Waals surface area contributed by atoms with Gasteiger partial charge in [0.05, 0.1) is 13.5 Å². The number of carbonyl (C=O) groups excluding carboxylic acids is 3. The molecule has 3 amide bonds. The first-order valence-corrected chi connectivity index (χ1v) is 6.50. The smallest absolute Gasteiger partial charge is 0.326 e. The van der Waals surface area contributed by atoms with E-state index in [1.807, 2.05) is 0 Å². The maximum absolute atomic E-state index is 11.6. The zero-order chi connectivity index (χ0) is 16.0. The molecule has 4 N–H and O–H groups in total. The lowest BCUT2D eigenvalue weighted by Crippen LogP contribution is -2.53. The van der Waals surface area contributed by atoms with Crippen molar-refractivity contribution < 1.29 is 29.0 Å². The number of nitrogens with one attached hydrogen (secondary N) is 3. The van der Waals surface area contributed by atoms with Gasteiger partial charge in [0.25, 0.3) is 0 Å². The third kappa shape index (κ3) is 6.11. The Hall–Kier alpha value is -2.32. The minimum atomic E-state index is -1.42. The monoisotopic (exact) mass is 301 g/mol. The van der Waals surface area contributed by atoms with E-state index in [4.69, 9.17) is 5.11 Å². The highest BCUT2D eigenvalue weighted by Gasteiger charge is 2.28. The number of esters is 1. The first-order chi connectivity index (χ1) is 9.83. The Morgan fingerprint density at radius 2 is 1.86 bits per heavy atom. The number of methoxy groups -OCH3 is 1. The Morgan fingerprint density at radius 3 is 2.33 bits per heavy atom. The number of hydrogen-bond donors (Lipinski definition) is 4. The fourth-order valence-electron chi connectivity index (χ4n) is 1.47. The number of amides is 3. The lowest BCUT2D eigenvalue weighted by Gasteiger charge is -2.17.